The van der Waals surface area contributed by atoms with Gasteiger partial charge in [0, 0.05) is 74.8 Å². The fraction of sp³-hybridized carbons (Fsp3) is 0.531. The fourth-order valence-electron chi connectivity index (χ4n) is 14.3. The molecule has 2 amide bonds. The maximum Gasteiger partial charge on any atom is 0.226 e. The number of hydrogen-bond acceptors (Lipinski definition) is 10. The molecule has 0 aromatic heterocycles. The number of hydrogen-bond donors (Lipinski definition) is 2. The lowest BCUT2D eigenvalue weighted by Crippen LogP contribution is -2.53. The van der Waals surface area contributed by atoms with Gasteiger partial charge in [-0.1, -0.05) is 84.9 Å². The summed E-state index contributed by atoms with van der Waals surface area (Å²) in [7, 11) is 1.79. The molecular formula is C64H79N5O7. The zero-order valence-electron chi connectivity index (χ0n) is 45.2. The summed E-state index contributed by atoms with van der Waals surface area (Å²) < 4.78 is 5.60. The Balaban J connectivity index is 0.000000175. The molecule has 5 fully saturated rings. The van der Waals surface area contributed by atoms with Gasteiger partial charge in [-0.25, -0.2) is 0 Å². The van der Waals surface area contributed by atoms with Crippen molar-refractivity contribution in [1.29, 1.82) is 0 Å². The van der Waals surface area contributed by atoms with Crippen LogP contribution >= 0.6 is 0 Å². The average molecular weight is 1030 g/mol. The van der Waals surface area contributed by atoms with E-state index in [1.807, 2.05) is 52.3 Å². The Morgan fingerprint density at radius 3 is 1.59 bits per heavy atom. The van der Waals surface area contributed by atoms with Gasteiger partial charge in [-0.15, -0.1) is 0 Å². The summed E-state index contributed by atoms with van der Waals surface area (Å²) in [5.74, 6) is 0.453. The molecule has 5 heterocycles. The molecule has 12 heteroatoms. The number of carbonyl (C=O) groups excluding carboxylic acids is 6. The number of carbonyl (C=O) groups is 6. The molecule has 76 heavy (non-hydrogen) atoms. The van der Waals surface area contributed by atoms with E-state index in [4.69, 9.17) is 4.74 Å². The summed E-state index contributed by atoms with van der Waals surface area (Å²) in [4.78, 5) is 85.4. The van der Waals surface area contributed by atoms with Crippen LogP contribution in [0.5, 0.6) is 0 Å². The van der Waals surface area contributed by atoms with Crippen LogP contribution < -0.4 is 15.5 Å². The second kappa shape index (κ2) is 23.4. The van der Waals surface area contributed by atoms with Crippen molar-refractivity contribution < 1.29 is 33.5 Å². The molecule has 2 saturated carbocycles. The van der Waals surface area contributed by atoms with Crippen molar-refractivity contribution in [3.63, 3.8) is 0 Å². The van der Waals surface area contributed by atoms with Crippen LogP contribution in [-0.4, -0.2) is 110 Å². The first-order valence-corrected chi connectivity index (χ1v) is 28.6. The largest absolute Gasteiger partial charge is 0.381 e. The monoisotopic (exact) mass is 1030 g/mol. The Bertz CT molecular complexity index is 2750. The Hall–Kier alpha value is -5.82. The first-order valence-electron chi connectivity index (χ1n) is 28.6. The highest BCUT2D eigenvalue weighted by atomic mass is 16.5. The van der Waals surface area contributed by atoms with Gasteiger partial charge in [-0.05, 0) is 180 Å². The Labute approximate surface area is 450 Å². The van der Waals surface area contributed by atoms with Gasteiger partial charge in [0.25, 0.3) is 0 Å². The van der Waals surface area contributed by atoms with E-state index in [0.29, 0.717) is 41.2 Å². The van der Waals surface area contributed by atoms with Crippen LogP contribution in [0.4, 0.5) is 5.69 Å². The summed E-state index contributed by atoms with van der Waals surface area (Å²) in [6, 6.07) is 27.8. The average Bonchev–Trinajstić information content (AvgIpc) is 3.44. The first kappa shape index (κ1) is 53.6. The lowest BCUT2D eigenvalue weighted by Gasteiger charge is -2.51. The van der Waals surface area contributed by atoms with Gasteiger partial charge in [0.2, 0.25) is 11.8 Å². The minimum Gasteiger partial charge on any atom is -0.381 e. The van der Waals surface area contributed by atoms with E-state index in [1.54, 1.807) is 45.2 Å². The maximum absolute atomic E-state index is 14.2. The molecule has 2 N–H and O–H groups in total. The van der Waals surface area contributed by atoms with E-state index in [9.17, 15) is 28.8 Å². The van der Waals surface area contributed by atoms with Crippen LogP contribution in [0.1, 0.15) is 157 Å². The van der Waals surface area contributed by atoms with Gasteiger partial charge in [0.1, 0.15) is 12.1 Å². The van der Waals surface area contributed by atoms with Crippen LogP contribution in [0, 0.1) is 22.7 Å². The van der Waals surface area contributed by atoms with Crippen molar-refractivity contribution >= 4 is 40.6 Å². The highest BCUT2D eigenvalue weighted by Gasteiger charge is 2.50. The van der Waals surface area contributed by atoms with E-state index < -0.39 is 12.1 Å². The van der Waals surface area contributed by atoms with Crippen molar-refractivity contribution in [2.24, 2.45) is 22.7 Å². The molecule has 402 valence electrons. The number of amides is 2. The van der Waals surface area contributed by atoms with Crippen LogP contribution in [0.25, 0.3) is 0 Å². The SMILES string of the molecule is CC(=O)c1ccc(CC(=O)[C@@H]2c3ccccc3CCN2C(=O)C2CCC3(CCNCC3)CC2)cc1.COC1CCN(c2cccc3c2CCN(C(=O)C2CC4(CCNCC4)C2)C3C(=O)Cc2ccc(C(C)=O)cc2)CC1. The zero-order valence-corrected chi connectivity index (χ0v) is 45.2. The van der Waals surface area contributed by atoms with Gasteiger partial charge >= 0.3 is 0 Å². The summed E-state index contributed by atoms with van der Waals surface area (Å²) in [5, 5.41) is 6.92. The normalized spacial score (nSPS) is 23.1. The third kappa shape index (κ3) is 11.6. The number of fused-ring (bicyclic) bond motifs is 2. The number of ketones is 4. The molecule has 7 aliphatic rings. The molecule has 0 bridgehead atoms. The highest BCUT2D eigenvalue weighted by molar-refractivity contribution is 5.96. The topological polar surface area (TPSA) is 145 Å². The van der Waals surface area contributed by atoms with Crippen LogP contribution in [-0.2, 0) is 49.6 Å². The molecule has 2 spiro atoms. The van der Waals surface area contributed by atoms with E-state index in [-0.39, 0.29) is 59.6 Å². The molecule has 2 atom stereocenters. The number of methoxy groups -OCH3 is 1. The third-order valence-corrected chi connectivity index (χ3v) is 18.9. The van der Waals surface area contributed by atoms with E-state index in [0.717, 1.165) is 139 Å². The van der Waals surface area contributed by atoms with Gasteiger partial charge in [-0.2, -0.15) is 0 Å². The number of anilines is 1. The number of nitrogens with one attached hydrogen (secondary N) is 2. The minimum absolute atomic E-state index is 0.00920. The van der Waals surface area contributed by atoms with Crippen LogP contribution in [0.15, 0.2) is 91.0 Å². The molecule has 4 aromatic carbocycles. The molecule has 1 unspecified atom stereocenters. The number of Topliss-reactive ketones (excluding diaryl/α,β-unsaturated/α-hetero) is 4. The second-order valence-electron chi connectivity index (χ2n) is 23.5. The van der Waals surface area contributed by atoms with E-state index in [2.05, 4.69) is 39.8 Å². The molecule has 11 rings (SSSR count). The van der Waals surface area contributed by atoms with Crippen molar-refractivity contribution in [3.8, 4) is 0 Å². The molecule has 5 aliphatic heterocycles. The predicted molar refractivity (Wildman–Crippen MR) is 296 cm³/mol. The number of nitrogens with zero attached hydrogens (tertiary/aromatic N) is 3. The quantitative estimate of drug-likeness (QED) is 0.132. The molecule has 3 saturated heterocycles. The van der Waals surface area contributed by atoms with Crippen molar-refractivity contribution in [1.82, 2.24) is 20.4 Å². The van der Waals surface area contributed by atoms with E-state index >= 15 is 0 Å². The first-order chi connectivity index (χ1) is 36.8. The van der Waals surface area contributed by atoms with Gasteiger partial charge in [0.05, 0.1) is 6.10 Å². The molecule has 4 aromatic rings. The van der Waals surface area contributed by atoms with Gasteiger partial charge in [-0.3, -0.25) is 28.8 Å². The van der Waals surface area contributed by atoms with Crippen molar-refractivity contribution in [2.45, 2.75) is 135 Å². The summed E-state index contributed by atoms with van der Waals surface area (Å²) in [6.45, 7) is 10.4. The second-order valence-corrected chi connectivity index (χ2v) is 23.5. The predicted octanol–water partition coefficient (Wildman–Crippen LogP) is 9.21. The number of benzene rings is 4. The van der Waals surface area contributed by atoms with Gasteiger partial charge in [0.15, 0.2) is 23.1 Å². The standard InChI is InChI=1S/C34H43N3O4.C30H36N2O3/c1-23(38)25-8-6-24(7-9-25)20-31(39)32-29-4-3-5-30(36-17-10-27(41-2)11-18-36)28(29)12-19-37(32)33(40)26-21-34(22-26)13-15-35-16-14-34;1-21(33)23-8-6-22(7-9-23)20-27(34)28-26-5-3-2-4-24(26)12-19-32(28)29(35)25-10-13-30(14-11-25)15-17-31-18-16-30/h3-9,26-27,32,35H,10-22H2,1-2H3;2-9,25,28,31H,10-20H2,1H3/t;28-/m.0/s1. The molecular weight excluding hydrogens is 951 g/mol. The lowest BCUT2D eigenvalue weighted by atomic mass is 9.57. The number of rotatable bonds is 12. The van der Waals surface area contributed by atoms with E-state index in [1.165, 1.54) is 29.7 Å². The molecule has 2 aliphatic carbocycles. The number of piperidine rings is 3. The van der Waals surface area contributed by atoms with Crippen LogP contribution in [0.2, 0.25) is 0 Å². The maximum atomic E-state index is 14.2. The lowest BCUT2D eigenvalue weighted by molar-refractivity contribution is -0.151. The smallest absolute Gasteiger partial charge is 0.226 e. The Morgan fingerprint density at radius 2 is 1.04 bits per heavy atom. The molecule has 12 nitrogen and oxygen atoms in total. The summed E-state index contributed by atoms with van der Waals surface area (Å²) >= 11 is 0. The van der Waals surface area contributed by atoms with Gasteiger partial charge < -0.3 is 30.1 Å². The van der Waals surface area contributed by atoms with Crippen molar-refractivity contribution in [3.05, 3.63) is 136 Å². The third-order valence-electron chi connectivity index (χ3n) is 18.9. The highest BCUT2D eigenvalue weighted by Crippen LogP contribution is 2.53. The summed E-state index contributed by atoms with van der Waals surface area (Å²) in [6.07, 6.45) is 15.0. The Morgan fingerprint density at radius 1 is 0.539 bits per heavy atom. The minimum atomic E-state index is -0.584. The Kier molecular flexibility index (Phi) is 16.5. The zero-order chi connectivity index (χ0) is 53.0. The summed E-state index contributed by atoms with van der Waals surface area (Å²) in [5.41, 5.74) is 9.28. The fourth-order valence-corrected chi connectivity index (χ4v) is 14.3. The van der Waals surface area contributed by atoms with Crippen molar-refractivity contribution in [2.75, 3.05) is 64.4 Å². The number of ether oxygens (including phenoxy) is 1. The molecule has 0 radical (unpaired) electrons. The van der Waals surface area contributed by atoms with Crippen LogP contribution in [0.3, 0.4) is 0 Å².